The lowest BCUT2D eigenvalue weighted by Crippen LogP contribution is -2.09. The van der Waals surface area contributed by atoms with Crippen molar-refractivity contribution in [3.63, 3.8) is 0 Å². The van der Waals surface area contributed by atoms with Gasteiger partial charge < -0.3 is 9.84 Å². The third kappa shape index (κ3) is 2.81. The Morgan fingerprint density at radius 3 is 2.77 bits per heavy atom. The van der Waals surface area contributed by atoms with E-state index in [9.17, 15) is 0 Å². The summed E-state index contributed by atoms with van der Waals surface area (Å²) in [5, 5.41) is 9.47. The van der Waals surface area contributed by atoms with Crippen LogP contribution in [0.25, 0.3) is 0 Å². The van der Waals surface area contributed by atoms with Crippen molar-refractivity contribution < 1.29 is 9.84 Å². The largest absolute Gasteiger partial charge is 0.506 e. The number of phenols is 1. The summed E-state index contributed by atoms with van der Waals surface area (Å²) in [6, 6.07) is 4.84. The highest BCUT2D eigenvalue weighted by Crippen LogP contribution is 2.27. The second-order valence-corrected chi connectivity index (χ2v) is 3.36. The quantitative estimate of drug-likeness (QED) is 0.812. The number of halogens is 1. The lowest BCUT2D eigenvalue weighted by molar-refractivity contribution is 0.217. The van der Waals surface area contributed by atoms with Gasteiger partial charge in [-0.15, -0.1) is 0 Å². The molecule has 72 valence electrons. The summed E-state index contributed by atoms with van der Waals surface area (Å²) in [7, 11) is 0. The molecule has 0 saturated carbocycles. The Morgan fingerprint density at radius 2 is 2.23 bits per heavy atom. The zero-order valence-corrected chi connectivity index (χ0v) is 8.51. The zero-order chi connectivity index (χ0) is 9.84. The van der Waals surface area contributed by atoms with Crippen LogP contribution in [0.5, 0.6) is 11.5 Å². The summed E-state index contributed by atoms with van der Waals surface area (Å²) in [4.78, 5) is 0. The molecular formula is C10H13ClO2. The van der Waals surface area contributed by atoms with Crippen molar-refractivity contribution in [1.82, 2.24) is 0 Å². The van der Waals surface area contributed by atoms with Crippen LogP contribution in [0.15, 0.2) is 18.2 Å². The minimum absolute atomic E-state index is 0.0816. The van der Waals surface area contributed by atoms with Gasteiger partial charge in [0.2, 0.25) is 0 Å². The molecule has 0 saturated heterocycles. The Morgan fingerprint density at radius 1 is 1.54 bits per heavy atom. The molecule has 1 atom stereocenters. The SMILES string of the molecule is CCC(C)Oc1ccc(O)c(Cl)c1. The van der Waals surface area contributed by atoms with Crippen molar-refractivity contribution in [1.29, 1.82) is 0 Å². The molecule has 0 heterocycles. The molecule has 0 aliphatic heterocycles. The number of aromatic hydroxyl groups is 1. The average Bonchev–Trinajstić information content (AvgIpc) is 2.11. The summed E-state index contributed by atoms with van der Waals surface area (Å²) in [5.74, 6) is 0.773. The highest BCUT2D eigenvalue weighted by Gasteiger charge is 2.03. The first-order valence-electron chi connectivity index (χ1n) is 4.28. The maximum Gasteiger partial charge on any atom is 0.134 e. The predicted octanol–water partition coefficient (Wildman–Crippen LogP) is 3.22. The van der Waals surface area contributed by atoms with Crippen LogP contribution < -0.4 is 4.74 Å². The first kappa shape index (κ1) is 10.2. The first-order valence-corrected chi connectivity index (χ1v) is 4.66. The number of ether oxygens (including phenoxy) is 1. The molecule has 1 rings (SSSR count). The standard InChI is InChI=1S/C10H13ClO2/c1-3-7(2)13-8-4-5-10(12)9(11)6-8/h4-7,12H,3H2,1-2H3. The minimum atomic E-state index is 0.0816. The molecule has 0 spiro atoms. The molecule has 0 fully saturated rings. The molecule has 0 aromatic heterocycles. The van der Waals surface area contributed by atoms with E-state index in [0.717, 1.165) is 6.42 Å². The Hall–Kier alpha value is -0.890. The van der Waals surface area contributed by atoms with Crippen LogP contribution >= 0.6 is 11.6 Å². The monoisotopic (exact) mass is 200 g/mol. The average molecular weight is 201 g/mol. The summed E-state index contributed by atoms with van der Waals surface area (Å²) >= 11 is 5.71. The molecule has 0 aliphatic carbocycles. The molecule has 2 nitrogen and oxygen atoms in total. The molecule has 1 aromatic rings. The molecular weight excluding hydrogens is 188 g/mol. The molecule has 13 heavy (non-hydrogen) atoms. The van der Waals surface area contributed by atoms with Crippen molar-refractivity contribution >= 4 is 11.6 Å². The topological polar surface area (TPSA) is 29.5 Å². The van der Waals surface area contributed by atoms with E-state index in [1.807, 2.05) is 13.8 Å². The summed E-state index contributed by atoms with van der Waals surface area (Å²) in [6.45, 7) is 4.04. The Bertz CT molecular complexity index is 286. The molecule has 3 heteroatoms. The Kier molecular flexibility index (Phi) is 3.43. The minimum Gasteiger partial charge on any atom is -0.506 e. The molecule has 0 amide bonds. The van der Waals surface area contributed by atoms with Crippen LogP contribution in [0, 0.1) is 0 Å². The van der Waals surface area contributed by atoms with Gasteiger partial charge in [0, 0.05) is 6.07 Å². The summed E-state index contributed by atoms with van der Waals surface area (Å²) in [5.41, 5.74) is 0. The number of benzene rings is 1. The Balaban J connectivity index is 2.73. The van der Waals surface area contributed by atoms with Crippen LogP contribution in [0.2, 0.25) is 5.02 Å². The fourth-order valence-corrected chi connectivity index (χ4v) is 1.05. The summed E-state index contributed by atoms with van der Waals surface area (Å²) < 4.78 is 5.50. The fourth-order valence-electron chi connectivity index (χ4n) is 0.877. The van der Waals surface area contributed by atoms with E-state index >= 15 is 0 Å². The van der Waals surface area contributed by atoms with Gasteiger partial charge in [0.25, 0.3) is 0 Å². The van der Waals surface area contributed by atoms with Gasteiger partial charge in [0.1, 0.15) is 11.5 Å². The van der Waals surface area contributed by atoms with E-state index < -0.39 is 0 Å². The van der Waals surface area contributed by atoms with Gasteiger partial charge in [-0.3, -0.25) is 0 Å². The number of hydrogen-bond acceptors (Lipinski definition) is 2. The fraction of sp³-hybridized carbons (Fsp3) is 0.400. The van der Waals surface area contributed by atoms with Gasteiger partial charge in [-0.2, -0.15) is 0 Å². The van der Waals surface area contributed by atoms with Crippen LogP contribution in [0.1, 0.15) is 20.3 Å². The van der Waals surface area contributed by atoms with E-state index in [1.54, 1.807) is 12.1 Å². The van der Waals surface area contributed by atoms with Crippen molar-refractivity contribution in [2.24, 2.45) is 0 Å². The van der Waals surface area contributed by atoms with Crippen LogP contribution in [0.4, 0.5) is 0 Å². The second kappa shape index (κ2) is 4.38. The first-order chi connectivity index (χ1) is 6.13. The number of phenolic OH excluding ortho intramolecular Hbond substituents is 1. The molecule has 1 aromatic carbocycles. The summed E-state index contributed by atoms with van der Waals surface area (Å²) in [6.07, 6.45) is 1.11. The van der Waals surface area contributed by atoms with E-state index in [4.69, 9.17) is 21.4 Å². The van der Waals surface area contributed by atoms with Crippen LogP contribution in [0.3, 0.4) is 0 Å². The highest BCUT2D eigenvalue weighted by molar-refractivity contribution is 6.32. The normalized spacial score (nSPS) is 12.5. The van der Waals surface area contributed by atoms with Crippen molar-refractivity contribution in [3.8, 4) is 11.5 Å². The third-order valence-corrected chi connectivity index (χ3v) is 2.13. The van der Waals surface area contributed by atoms with Crippen molar-refractivity contribution in [2.75, 3.05) is 0 Å². The van der Waals surface area contributed by atoms with E-state index in [1.165, 1.54) is 6.07 Å². The number of hydrogen-bond donors (Lipinski definition) is 1. The lowest BCUT2D eigenvalue weighted by atomic mass is 10.3. The van der Waals surface area contributed by atoms with Gasteiger partial charge in [0.05, 0.1) is 11.1 Å². The van der Waals surface area contributed by atoms with Gasteiger partial charge in [-0.05, 0) is 25.5 Å². The highest BCUT2D eigenvalue weighted by atomic mass is 35.5. The lowest BCUT2D eigenvalue weighted by Gasteiger charge is -2.12. The smallest absolute Gasteiger partial charge is 0.134 e. The van der Waals surface area contributed by atoms with Gasteiger partial charge >= 0.3 is 0 Å². The van der Waals surface area contributed by atoms with Crippen molar-refractivity contribution in [2.45, 2.75) is 26.4 Å². The van der Waals surface area contributed by atoms with Gasteiger partial charge in [0.15, 0.2) is 0 Å². The molecule has 0 bridgehead atoms. The third-order valence-electron chi connectivity index (χ3n) is 1.83. The molecule has 0 radical (unpaired) electrons. The van der Waals surface area contributed by atoms with Crippen LogP contribution in [-0.4, -0.2) is 11.2 Å². The van der Waals surface area contributed by atoms with Gasteiger partial charge in [-0.25, -0.2) is 0 Å². The zero-order valence-electron chi connectivity index (χ0n) is 7.75. The molecule has 1 N–H and O–H groups in total. The maximum atomic E-state index is 9.15. The molecule has 0 aliphatic rings. The maximum absolute atomic E-state index is 9.15. The second-order valence-electron chi connectivity index (χ2n) is 2.95. The number of rotatable bonds is 3. The molecule has 1 unspecified atom stereocenters. The van der Waals surface area contributed by atoms with E-state index in [2.05, 4.69) is 0 Å². The van der Waals surface area contributed by atoms with Crippen molar-refractivity contribution in [3.05, 3.63) is 23.2 Å². The van der Waals surface area contributed by atoms with E-state index in [-0.39, 0.29) is 11.9 Å². The van der Waals surface area contributed by atoms with E-state index in [0.29, 0.717) is 10.8 Å². The van der Waals surface area contributed by atoms with Gasteiger partial charge in [-0.1, -0.05) is 18.5 Å². The predicted molar refractivity (Wildman–Crippen MR) is 53.5 cm³/mol. The Labute approximate surface area is 83.1 Å². The van der Waals surface area contributed by atoms with Crippen LogP contribution in [-0.2, 0) is 0 Å².